The van der Waals surface area contributed by atoms with Gasteiger partial charge in [-0.25, -0.2) is 4.79 Å². The lowest BCUT2D eigenvalue weighted by molar-refractivity contribution is -0.137. The van der Waals surface area contributed by atoms with Crippen molar-refractivity contribution in [2.45, 2.75) is 33.1 Å². The van der Waals surface area contributed by atoms with Gasteiger partial charge in [-0.1, -0.05) is 13.3 Å². The van der Waals surface area contributed by atoms with Crippen molar-refractivity contribution in [2.75, 3.05) is 6.61 Å². The van der Waals surface area contributed by atoms with Crippen LogP contribution in [0.15, 0.2) is 17.9 Å². The highest BCUT2D eigenvalue weighted by Gasteiger charge is 1.89. The Morgan fingerprint density at radius 3 is 2.83 bits per heavy atom. The molecule has 0 aromatic carbocycles. The number of hydrogen-bond acceptors (Lipinski definition) is 2. The summed E-state index contributed by atoms with van der Waals surface area (Å²) < 4.78 is 4.67. The van der Waals surface area contributed by atoms with Crippen molar-refractivity contribution in [3.63, 3.8) is 0 Å². The maximum Gasteiger partial charge on any atom is 0.338 e. The summed E-state index contributed by atoms with van der Waals surface area (Å²) in [5.74, 6) is -0.315. The first-order valence-electron chi connectivity index (χ1n) is 4.39. The molecule has 68 valence electrons. The Morgan fingerprint density at radius 1 is 1.50 bits per heavy atom. The minimum Gasteiger partial charge on any atom is -0.462 e. The quantitative estimate of drug-likeness (QED) is 0.273. The van der Waals surface area contributed by atoms with E-state index in [0.29, 0.717) is 6.61 Å². The molecule has 0 aromatic heterocycles. The van der Waals surface area contributed by atoms with E-state index in [0.717, 1.165) is 19.3 Å². The molecule has 0 saturated heterocycles. The number of hydrogen-bond donors (Lipinski definition) is 0. The van der Waals surface area contributed by atoms with E-state index in [-0.39, 0.29) is 5.97 Å². The smallest absolute Gasteiger partial charge is 0.338 e. The summed E-state index contributed by atoms with van der Waals surface area (Å²) in [6, 6.07) is 0. The zero-order valence-electron chi connectivity index (χ0n) is 7.80. The van der Waals surface area contributed by atoms with Crippen LogP contribution in [-0.2, 0) is 9.53 Å². The van der Waals surface area contributed by atoms with Crippen LogP contribution in [0.2, 0.25) is 0 Å². The molecule has 0 aliphatic heterocycles. The van der Waals surface area contributed by atoms with Crippen molar-refractivity contribution in [2.24, 2.45) is 0 Å². The summed E-state index contributed by atoms with van der Waals surface area (Å²) in [5, 5.41) is 0. The van der Waals surface area contributed by atoms with Crippen molar-refractivity contribution >= 4 is 5.97 Å². The van der Waals surface area contributed by atoms with Crippen molar-refractivity contribution in [3.8, 4) is 0 Å². The molecule has 0 bridgehead atoms. The molecule has 0 rings (SSSR count). The molecule has 0 aromatic rings. The van der Waals surface area contributed by atoms with Gasteiger partial charge in [-0.2, -0.15) is 0 Å². The minimum atomic E-state index is -0.315. The molecule has 0 unspecified atom stereocenters. The standard InChI is InChI=1S/C10H16O2/c1-3-5-6-7-8-9-10(11)12-4-2/h7,9H,3-6H2,1-2H3. The second-order valence-electron chi connectivity index (χ2n) is 2.41. The van der Waals surface area contributed by atoms with Crippen molar-refractivity contribution in [1.82, 2.24) is 0 Å². The Balaban J connectivity index is 3.57. The van der Waals surface area contributed by atoms with Gasteiger partial charge in [-0.05, 0) is 25.8 Å². The highest BCUT2D eigenvalue weighted by atomic mass is 16.5. The second kappa shape index (κ2) is 8.09. The summed E-state index contributed by atoms with van der Waals surface area (Å²) in [4.78, 5) is 10.7. The predicted molar refractivity (Wildman–Crippen MR) is 48.8 cm³/mol. The van der Waals surface area contributed by atoms with Crippen LogP contribution in [0.4, 0.5) is 0 Å². The second-order valence-corrected chi connectivity index (χ2v) is 2.41. The Bertz CT molecular complexity index is 176. The van der Waals surface area contributed by atoms with Gasteiger partial charge < -0.3 is 4.74 Å². The van der Waals surface area contributed by atoms with E-state index in [4.69, 9.17) is 0 Å². The van der Waals surface area contributed by atoms with E-state index in [1.54, 1.807) is 6.92 Å². The summed E-state index contributed by atoms with van der Waals surface area (Å²) in [6.07, 6.45) is 6.48. The molecule has 0 radical (unpaired) electrons. The highest BCUT2D eigenvalue weighted by molar-refractivity contribution is 5.81. The van der Waals surface area contributed by atoms with Crippen LogP contribution in [-0.4, -0.2) is 12.6 Å². The normalized spacial score (nSPS) is 8.50. The van der Waals surface area contributed by atoms with Crippen LogP contribution in [0.3, 0.4) is 0 Å². The first-order chi connectivity index (χ1) is 5.81. The van der Waals surface area contributed by atoms with Gasteiger partial charge in [0.15, 0.2) is 0 Å². The van der Waals surface area contributed by atoms with E-state index in [9.17, 15) is 4.79 Å². The van der Waals surface area contributed by atoms with Crippen LogP contribution < -0.4 is 0 Å². The van der Waals surface area contributed by atoms with Crippen molar-refractivity contribution < 1.29 is 9.53 Å². The molecule has 0 saturated carbocycles. The average molecular weight is 168 g/mol. The van der Waals surface area contributed by atoms with Crippen LogP contribution in [0.1, 0.15) is 33.1 Å². The van der Waals surface area contributed by atoms with E-state index >= 15 is 0 Å². The fourth-order valence-electron chi connectivity index (χ4n) is 0.700. The van der Waals surface area contributed by atoms with Gasteiger partial charge in [-0.3, -0.25) is 0 Å². The molecule has 2 nitrogen and oxygen atoms in total. The van der Waals surface area contributed by atoms with Crippen LogP contribution in [0.5, 0.6) is 0 Å². The van der Waals surface area contributed by atoms with Crippen molar-refractivity contribution in [1.29, 1.82) is 0 Å². The zero-order valence-corrected chi connectivity index (χ0v) is 7.80. The first-order valence-corrected chi connectivity index (χ1v) is 4.39. The van der Waals surface area contributed by atoms with Gasteiger partial charge in [0.05, 0.1) is 12.7 Å². The van der Waals surface area contributed by atoms with E-state index in [1.807, 2.05) is 6.08 Å². The maximum atomic E-state index is 10.7. The SMILES string of the molecule is CCCCC=C=CC(=O)OCC. The maximum absolute atomic E-state index is 10.7. The molecule has 0 N–H and O–H groups in total. The lowest BCUT2D eigenvalue weighted by Gasteiger charge is -1.91. The van der Waals surface area contributed by atoms with E-state index < -0.39 is 0 Å². The third-order valence-electron chi connectivity index (χ3n) is 1.31. The summed E-state index contributed by atoms with van der Waals surface area (Å²) >= 11 is 0. The zero-order chi connectivity index (χ0) is 9.23. The summed E-state index contributed by atoms with van der Waals surface area (Å²) in [6.45, 7) is 4.33. The fourth-order valence-corrected chi connectivity index (χ4v) is 0.700. The largest absolute Gasteiger partial charge is 0.462 e. The fraction of sp³-hybridized carbons (Fsp3) is 0.600. The lowest BCUT2D eigenvalue weighted by atomic mass is 10.2. The number of carbonyl (C=O) groups excluding carboxylic acids is 1. The molecule has 0 aliphatic rings. The first kappa shape index (κ1) is 11.0. The molecule has 0 fully saturated rings. The third-order valence-corrected chi connectivity index (χ3v) is 1.31. The van der Waals surface area contributed by atoms with Gasteiger partial charge in [0.1, 0.15) is 0 Å². The van der Waals surface area contributed by atoms with E-state index in [1.165, 1.54) is 6.08 Å². The number of unbranched alkanes of at least 4 members (excludes halogenated alkanes) is 2. The topological polar surface area (TPSA) is 26.3 Å². The number of carbonyl (C=O) groups is 1. The van der Waals surface area contributed by atoms with Gasteiger partial charge in [0, 0.05) is 0 Å². The number of rotatable bonds is 5. The summed E-state index contributed by atoms with van der Waals surface area (Å²) in [5.41, 5.74) is 2.78. The highest BCUT2D eigenvalue weighted by Crippen LogP contribution is 1.93. The van der Waals surface area contributed by atoms with Gasteiger partial charge >= 0.3 is 5.97 Å². The molecule has 0 heterocycles. The van der Waals surface area contributed by atoms with Crippen LogP contribution in [0.25, 0.3) is 0 Å². The minimum absolute atomic E-state index is 0.315. The molecule has 0 aliphatic carbocycles. The van der Waals surface area contributed by atoms with Crippen LogP contribution >= 0.6 is 0 Å². The predicted octanol–water partition coefficient (Wildman–Crippen LogP) is 2.45. The Morgan fingerprint density at radius 2 is 2.25 bits per heavy atom. The Labute approximate surface area is 73.9 Å². The van der Waals surface area contributed by atoms with Gasteiger partial charge in [0.25, 0.3) is 0 Å². The molecular weight excluding hydrogens is 152 g/mol. The monoisotopic (exact) mass is 168 g/mol. The average Bonchev–Trinajstić information content (AvgIpc) is 2.05. The van der Waals surface area contributed by atoms with Gasteiger partial charge in [0.2, 0.25) is 0 Å². The molecule has 0 atom stereocenters. The molecule has 12 heavy (non-hydrogen) atoms. The number of esters is 1. The van der Waals surface area contributed by atoms with Gasteiger partial charge in [-0.15, -0.1) is 5.73 Å². The molecule has 0 amide bonds. The number of ether oxygens (including phenoxy) is 1. The molecule has 2 heteroatoms. The Hall–Kier alpha value is -1.01. The molecular formula is C10H16O2. The lowest BCUT2D eigenvalue weighted by Crippen LogP contribution is -1.97. The van der Waals surface area contributed by atoms with E-state index in [2.05, 4.69) is 17.4 Å². The van der Waals surface area contributed by atoms with Crippen LogP contribution in [0, 0.1) is 0 Å². The van der Waals surface area contributed by atoms with Crippen molar-refractivity contribution in [3.05, 3.63) is 17.9 Å². The molecule has 0 spiro atoms. The Kier molecular flexibility index (Phi) is 7.41. The third kappa shape index (κ3) is 7.10. The summed E-state index contributed by atoms with van der Waals surface area (Å²) in [7, 11) is 0.